The fourth-order valence-corrected chi connectivity index (χ4v) is 1.15. The van der Waals surface area contributed by atoms with Crippen molar-refractivity contribution < 1.29 is 9.53 Å². The molecule has 0 bridgehead atoms. The summed E-state index contributed by atoms with van der Waals surface area (Å²) in [6.07, 6.45) is 0. The summed E-state index contributed by atoms with van der Waals surface area (Å²) >= 11 is 3.14. The van der Waals surface area contributed by atoms with Crippen LogP contribution in [-0.2, 0) is 4.74 Å². The van der Waals surface area contributed by atoms with E-state index < -0.39 is 5.97 Å². The number of pyridine rings is 1. The Morgan fingerprint density at radius 1 is 1.69 bits per heavy atom. The average molecular weight is 245 g/mol. The van der Waals surface area contributed by atoms with Gasteiger partial charge in [-0.15, -0.1) is 0 Å². The van der Waals surface area contributed by atoms with Gasteiger partial charge in [-0.25, -0.2) is 9.78 Å². The van der Waals surface area contributed by atoms with Crippen molar-refractivity contribution in [3.8, 4) is 0 Å². The van der Waals surface area contributed by atoms with Gasteiger partial charge in [0.15, 0.2) is 0 Å². The number of hydrogen-bond acceptors (Lipinski definition) is 4. The number of carbonyl (C=O) groups is 1. The highest BCUT2D eigenvalue weighted by Gasteiger charge is 2.11. The molecule has 0 aliphatic heterocycles. The molecule has 0 atom stereocenters. The standard InChI is InChI=1S/C8H9BrN2O2/c1-2-13-8(12)5-3-4-6(9)11-7(5)10/h3-4H,2H2,1H3,(H2,10,11). The fraction of sp³-hybridized carbons (Fsp3) is 0.250. The van der Waals surface area contributed by atoms with Crippen molar-refractivity contribution in [2.75, 3.05) is 12.3 Å². The maximum Gasteiger partial charge on any atom is 0.341 e. The lowest BCUT2D eigenvalue weighted by molar-refractivity contribution is 0.0527. The molecule has 0 radical (unpaired) electrons. The molecule has 2 N–H and O–H groups in total. The van der Waals surface area contributed by atoms with E-state index in [0.29, 0.717) is 16.8 Å². The molecule has 5 heteroatoms. The summed E-state index contributed by atoms with van der Waals surface area (Å²) in [5, 5.41) is 0. The van der Waals surface area contributed by atoms with Gasteiger partial charge >= 0.3 is 5.97 Å². The number of rotatable bonds is 2. The average Bonchev–Trinajstić information content (AvgIpc) is 2.04. The number of aromatic nitrogens is 1. The van der Waals surface area contributed by atoms with E-state index in [-0.39, 0.29) is 5.82 Å². The molecule has 0 aliphatic carbocycles. The number of ether oxygens (including phenoxy) is 1. The Morgan fingerprint density at radius 3 is 2.92 bits per heavy atom. The van der Waals surface area contributed by atoms with Crippen LogP contribution in [0.5, 0.6) is 0 Å². The van der Waals surface area contributed by atoms with E-state index in [0.717, 1.165) is 0 Å². The summed E-state index contributed by atoms with van der Waals surface area (Å²) in [7, 11) is 0. The summed E-state index contributed by atoms with van der Waals surface area (Å²) in [6.45, 7) is 2.06. The van der Waals surface area contributed by atoms with Gasteiger partial charge in [-0.05, 0) is 35.0 Å². The van der Waals surface area contributed by atoms with Gasteiger partial charge in [-0.2, -0.15) is 0 Å². The van der Waals surface area contributed by atoms with Gasteiger partial charge in [0.1, 0.15) is 16.0 Å². The number of halogens is 1. The molecule has 1 aromatic rings. The van der Waals surface area contributed by atoms with E-state index in [1.165, 1.54) is 0 Å². The molecule has 1 rings (SSSR count). The molecule has 0 unspecified atom stereocenters. The number of nitrogens with two attached hydrogens (primary N) is 1. The SMILES string of the molecule is CCOC(=O)c1ccc(Br)nc1N. The number of hydrogen-bond donors (Lipinski definition) is 1. The van der Waals surface area contributed by atoms with E-state index in [1.54, 1.807) is 19.1 Å². The summed E-state index contributed by atoms with van der Waals surface area (Å²) in [6, 6.07) is 3.22. The first-order valence-corrected chi connectivity index (χ1v) is 4.53. The van der Waals surface area contributed by atoms with Crippen molar-refractivity contribution in [1.82, 2.24) is 4.98 Å². The second-order valence-corrected chi connectivity index (χ2v) is 3.10. The number of anilines is 1. The quantitative estimate of drug-likeness (QED) is 0.634. The van der Waals surface area contributed by atoms with Crippen LogP contribution in [0.15, 0.2) is 16.7 Å². The number of esters is 1. The monoisotopic (exact) mass is 244 g/mol. The third kappa shape index (κ3) is 2.42. The zero-order valence-electron chi connectivity index (χ0n) is 7.08. The molecule has 70 valence electrons. The van der Waals surface area contributed by atoms with Crippen molar-refractivity contribution >= 4 is 27.7 Å². The Kier molecular flexibility index (Phi) is 3.25. The lowest BCUT2D eigenvalue weighted by Crippen LogP contribution is -2.09. The van der Waals surface area contributed by atoms with Crippen molar-refractivity contribution in [3.05, 3.63) is 22.3 Å². The van der Waals surface area contributed by atoms with E-state index >= 15 is 0 Å². The van der Waals surface area contributed by atoms with E-state index in [9.17, 15) is 4.79 Å². The largest absolute Gasteiger partial charge is 0.462 e. The highest BCUT2D eigenvalue weighted by atomic mass is 79.9. The van der Waals surface area contributed by atoms with Crippen LogP contribution in [0.4, 0.5) is 5.82 Å². The maximum absolute atomic E-state index is 11.2. The molecule has 0 fully saturated rings. The van der Waals surface area contributed by atoms with Gasteiger partial charge < -0.3 is 10.5 Å². The number of nitrogen functional groups attached to an aromatic ring is 1. The summed E-state index contributed by atoms with van der Waals surface area (Å²) in [5.41, 5.74) is 5.81. The zero-order valence-corrected chi connectivity index (χ0v) is 8.67. The first-order chi connectivity index (χ1) is 6.15. The van der Waals surface area contributed by atoms with Gasteiger partial charge in [0, 0.05) is 0 Å². The van der Waals surface area contributed by atoms with Gasteiger partial charge in [-0.3, -0.25) is 0 Å². The molecule has 0 amide bonds. The zero-order chi connectivity index (χ0) is 9.84. The smallest absolute Gasteiger partial charge is 0.341 e. The molecule has 0 aromatic carbocycles. The Morgan fingerprint density at radius 2 is 2.38 bits per heavy atom. The molecule has 0 aliphatic rings. The third-order valence-corrected chi connectivity index (χ3v) is 1.83. The minimum absolute atomic E-state index is 0.174. The molecule has 0 spiro atoms. The van der Waals surface area contributed by atoms with E-state index in [4.69, 9.17) is 10.5 Å². The predicted octanol–water partition coefficient (Wildman–Crippen LogP) is 1.60. The molecular weight excluding hydrogens is 236 g/mol. The molecule has 1 aromatic heterocycles. The number of nitrogens with zero attached hydrogens (tertiary/aromatic N) is 1. The van der Waals surface area contributed by atoms with Crippen LogP contribution in [0, 0.1) is 0 Å². The van der Waals surface area contributed by atoms with Crippen molar-refractivity contribution in [2.24, 2.45) is 0 Å². The molecular formula is C8H9BrN2O2. The predicted molar refractivity (Wildman–Crippen MR) is 52.3 cm³/mol. The van der Waals surface area contributed by atoms with E-state index in [2.05, 4.69) is 20.9 Å². The van der Waals surface area contributed by atoms with Gasteiger partial charge in [0.05, 0.1) is 6.61 Å². The van der Waals surface area contributed by atoms with Crippen molar-refractivity contribution in [1.29, 1.82) is 0 Å². The van der Waals surface area contributed by atoms with Crippen LogP contribution in [0.1, 0.15) is 17.3 Å². The van der Waals surface area contributed by atoms with Crippen LogP contribution in [0.25, 0.3) is 0 Å². The Labute approximate surface area is 84.2 Å². The van der Waals surface area contributed by atoms with Crippen LogP contribution >= 0.6 is 15.9 Å². The second-order valence-electron chi connectivity index (χ2n) is 2.29. The minimum Gasteiger partial charge on any atom is -0.462 e. The normalized spacial score (nSPS) is 9.69. The first-order valence-electron chi connectivity index (χ1n) is 3.74. The Balaban J connectivity index is 2.95. The molecule has 1 heterocycles. The fourth-order valence-electron chi connectivity index (χ4n) is 0.831. The Bertz CT molecular complexity index is 328. The topological polar surface area (TPSA) is 65.2 Å². The lowest BCUT2D eigenvalue weighted by Gasteiger charge is -2.03. The summed E-state index contributed by atoms with van der Waals surface area (Å²) < 4.78 is 5.37. The first kappa shape index (κ1) is 9.98. The van der Waals surface area contributed by atoms with Gasteiger partial charge in [0.25, 0.3) is 0 Å². The minimum atomic E-state index is -0.444. The Hall–Kier alpha value is -1.10. The molecule has 4 nitrogen and oxygen atoms in total. The second kappa shape index (κ2) is 4.23. The summed E-state index contributed by atoms with van der Waals surface area (Å²) in [5.74, 6) is -0.271. The lowest BCUT2D eigenvalue weighted by atomic mass is 10.2. The van der Waals surface area contributed by atoms with Gasteiger partial charge in [-0.1, -0.05) is 0 Å². The maximum atomic E-state index is 11.2. The molecule has 13 heavy (non-hydrogen) atoms. The van der Waals surface area contributed by atoms with Crippen LogP contribution in [0.3, 0.4) is 0 Å². The van der Waals surface area contributed by atoms with E-state index in [1.807, 2.05) is 0 Å². The highest BCUT2D eigenvalue weighted by Crippen LogP contribution is 2.14. The molecule has 0 saturated carbocycles. The summed E-state index contributed by atoms with van der Waals surface area (Å²) in [4.78, 5) is 15.1. The van der Waals surface area contributed by atoms with Crippen molar-refractivity contribution in [3.63, 3.8) is 0 Å². The van der Waals surface area contributed by atoms with Crippen LogP contribution in [-0.4, -0.2) is 17.6 Å². The number of carbonyl (C=O) groups excluding carboxylic acids is 1. The van der Waals surface area contributed by atoms with Crippen LogP contribution in [0.2, 0.25) is 0 Å². The molecule has 0 saturated heterocycles. The highest BCUT2D eigenvalue weighted by molar-refractivity contribution is 9.10. The van der Waals surface area contributed by atoms with Gasteiger partial charge in [0.2, 0.25) is 0 Å². The van der Waals surface area contributed by atoms with Crippen molar-refractivity contribution in [2.45, 2.75) is 6.92 Å². The van der Waals surface area contributed by atoms with Crippen LogP contribution < -0.4 is 5.73 Å². The third-order valence-electron chi connectivity index (χ3n) is 1.39.